The number of ether oxygens (including phenoxy) is 1. The molecule has 4 unspecified atom stereocenters. The van der Waals surface area contributed by atoms with Gasteiger partial charge in [0.1, 0.15) is 23.5 Å². The van der Waals surface area contributed by atoms with Crippen molar-refractivity contribution in [3.8, 4) is 11.8 Å². The monoisotopic (exact) mass is 599 g/mol. The summed E-state index contributed by atoms with van der Waals surface area (Å²) in [4.78, 5) is 62.3. The lowest BCUT2D eigenvalue weighted by atomic mass is 9.95. The van der Waals surface area contributed by atoms with E-state index in [9.17, 15) is 29.6 Å². The molecular formula is C25H22ClN7O7S. The number of hydrogen-bond donors (Lipinski definition) is 3. The fourth-order valence-corrected chi connectivity index (χ4v) is 6.47. The lowest BCUT2D eigenvalue weighted by Crippen LogP contribution is -2.71. The van der Waals surface area contributed by atoms with Gasteiger partial charge in [-0.3, -0.25) is 19.7 Å². The van der Waals surface area contributed by atoms with Crippen LogP contribution in [0.3, 0.4) is 0 Å². The fraction of sp³-hybridized carbons (Fsp3) is 0.280. The number of benzene rings is 2. The number of amides is 2. The number of nitrogens with zero attached hydrogens (tertiary/aromatic N) is 5. The van der Waals surface area contributed by atoms with Crippen LogP contribution in [0.15, 0.2) is 54.6 Å². The Labute approximate surface area is 241 Å². The molecule has 2 saturated heterocycles. The summed E-state index contributed by atoms with van der Waals surface area (Å²) < 4.78 is 4.76. The summed E-state index contributed by atoms with van der Waals surface area (Å²) in [5, 5.41) is 25.8. The molecule has 0 spiro atoms. The molecule has 0 aliphatic carbocycles. The molecule has 2 aliphatic heterocycles. The van der Waals surface area contributed by atoms with Gasteiger partial charge in [-0.05, 0) is 37.1 Å². The number of carbonyl (C=O) groups excluding carboxylic acids is 2. The third kappa shape index (κ3) is 5.45. The summed E-state index contributed by atoms with van der Waals surface area (Å²) in [6.07, 6.45) is 0. The molecule has 0 bridgehead atoms. The number of aliphatic carboxylic acids is 1. The molecule has 2 aromatic carbocycles. The number of thioether (sulfide) groups is 1. The van der Waals surface area contributed by atoms with Crippen molar-refractivity contribution < 1.29 is 29.2 Å². The molecule has 41 heavy (non-hydrogen) atoms. The number of carbonyl (C=O) groups is 3. The molecule has 212 valence electrons. The van der Waals surface area contributed by atoms with E-state index in [1.54, 1.807) is 44.2 Å². The highest BCUT2D eigenvalue weighted by Gasteiger charge is 2.64. The van der Waals surface area contributed by atoms with Crippen LogP contribution in [-0.4, -0.2) is 69.9 Å². The number of fused-ring (bicyclic) bond motifs is 1. The number of carboxylic acid groups (broad SMARTS) is 1. The molecule has 3 N–H and O–H groups in total. The average molecular weight is 600 g/mol. The number of para-hydroxylation sites is 2. The Morgan fingerprint density at radius 3 is 2.51 bits per heavy atom. The van der Waals surface area contributed by atoms with Crippen molar-refractivity contribution in [2.75, 3.05) is 5.32 Å². The molecule has 2 amide bonds. The summed E-state index contributed by atoms with van der Waals surface area (Å²) in [5.74, 6) is -2.52. The molecule has 0 saturated carbocycles. The van der Waals surface area contributed by atoms with Crippen molar-refractivity contribution in [3.63, 3.8) is 0 Å². The van der Waals surface area contributed by atoms with Crippen molar-refractivity contribution in [2.24, 2.45) is 0 Å². The number of nitro groups is 1. The Balaban J connectivity index is 1.39. The molecule has 5 rings (SSSR count). The first-order valence-corrected chi connectivity index (χ1v) is 13.4. The van der Waals surface area contributed by atoms with Crippen LogP contribution >= 0.6 is 23.4 Å². The number of hydrogen-bond acceptors (Lipinski definition) is 11. The lowest BCUT2D eigenvalue weighted by molar-refractivity contribution is -0.385. The van der Waals surface area contributed by atoms with Gasteiger partial charge in [0.05, 0.1) is 4.92 Å². The summed E-state index contributed by atoms with van der Waals surface area (Å²) in [6, 6.07) is 10.7. The second-order valence-corrected chi connectivity index (χ2v) is 11.7. The van der Waals surface area contributed by atoms with Gasteiger partial charge in [0.2, 0.25) is 28.8 Å². The van der Waals surface area contributed by atoms with Gasteiger partial charge in [-0.2, -0.15) is 15.0 Å². The molecule has 16 heteroatoms. The minimum Gasteiger partial charge on any atom is -0.480 e. The first-order chi connectivity index (χ1) is 19.5. The number of carboxylic acids is 1. The highest BCUT2D eigenvalue weighted by molar-refractivity contribution is 8.01. The molecule has 3 aromatic rings. The second-order valence-electron chi connectivity index (χ2n) is 9.61. The maximum atomic E-state index is 13.6. The predicted molar refractivity (Wildman–Crippen MR) is 146 cm³/mol. The Kier molecular flexibility index (Phi) is 7.40. The third-order valence-electron chi connectivity index (χ3n) is 6.49. The largest absolute Gasteiger partial charge is 0.480 e. The predicted octanol–water partition coefficient (Wildman–Crippen LogP) is 3.01. The van der Waals surface area contributed by atoms with E-state index < -0.39 is 51.0 Å². The standard InChI is InChI=1S/C25H22ClN7O7S/c1-25(2)17(21(36)37)32-19(35)16(20(32)41-25)27-18(34)15(12-8-4-3-5-9-12)28-23-29-22(26)30-24(31-23)40-14-11-7-6-10-13(14)33(38)39/h3-11,15-17,20H,1-2H3,(H,27,34)(H,36,37)(H,28,29,30,31). The van der Waals surface area contributed by atoms with E-state index in [0.29, 0.717) is 5.56 Å². The van der Waals surface area contributed by atoms with Crippen LogP contribution in [0.25, 0.3) is 0 Å². The average Bonchev–Trinajstić information content (AvgIpc) is 3.18. The fourth-order valence-electron chi connectivity index (χ4n) is 4.69. The smallest absolute Gasteiger partial charge is 0.328 e. The first-order valence-electron chi connectivity index (χ1n) is 12.1. The second kappa shape index (κ2) is 10.8. The molecule has 2 fully saturated rings. The number of aromatic nitrogens is 3. The topological polar surface area (TPSA) is 190 Å². The summed E-state index contributed by atoms with van der Waals surface area (Å²) in [5.41, 5.74) is 0.173. The van der Waals surface area contributed by atoms with E-state index in [2.05, 4.69) is 25.6 Å². The van der Waals surface area contributed by atoms with E-state index in [0.717, 1.165) is 0 Å². The van der Waals surface area contributed by atoms with Gasteiger partial charge in [-0.15, -0.1) is 11.8 Å². The lowest BCUT2D eigenvalue weighted by Gasteiger charge is -2.44. The molecule has 2 aliphatic rings. The van der Waals surface area contributed by atoms with Gasteiger partial charge < -0.3 is 25.4 Å². The number of rotatable bonds is 9. The number of nitro benzene ring substituents is 1. The van der Waals surface area contributed by atoms with Gasteiger partial charge in [0, 0.05) is 10.8 Å². The SMILES string of the molecule is CC1(C)SC2C(NC(=O)C(Nc3nc(Cl)nc(Oc4ccccc4[N+](=O)[O-])n3)c3ccccc3)C(=O)N2C1C(=O)O. The van der Waals surface area contributed by atoms with Crippen molar-refractivity contribution >= 4 is 52.8 Å². The Morgan fingerprint density at radius 2 is 1.83 bits per heavy atom. The van der Waals surface area contributed by atoms with Crippen molar-refractivity contribution in [1.82, 2.24) is 25.2 Å². The van der Waals surface area contributed by atoms with Crippen molar-refractivity contribution in [2.45, 2.75) is 42.1 Å². The zero-order valence-electron chi connectivity index (χ0n) is 21.4. The number of halogens is 1. The van der Waals surface area contributed by atoms with E-state index in [1.165, 1.54) is 40.9 Å². The van der Waals surface area contributed by atoms with Gasteiger partial charge in [0.25, 0.3) is 0 Å². The van der Waals surface area contributed by atoms with Crippen LogP contribution < -0.4 is 15.4 Å². The van der Waals surface area contributed by atoms with E-state index in [4.69, 9.17) is 16.3 Å². The Morgan fingerprint density at radius 1 is 1.15 bits per heavy atom. The van der Waals surface area contributed by atoms with Gasteiger partial charge in [-0.25, -0.2) is 4.79 Å². The molecule has 3 heterocycles. The normalized spacial score (nSPS) is 21.3. The van der Waals surface area contributed by atoms with Crippen molar-refractivity contribution in [3.05, 3.63) is 75.6 Å². The highest BCUT2D eigenvalue weighted by atomic mass is 35.5. The van der Waals surface area contributed by atoms with E-state index in [-0.39, 0.29) is 28.7 Å². The van der Waals surface area contributed by atoms with Crippen molar-refractivity contribution in [1.29, 1.82) is 0 Å². The van der Waals surface area contributed by atoms with Crippen LogP contribution in [0.2, 0.25) is 5.28 Å². The van der Waals surface area contributed by atoms with Gasteiger partial charge >= 0.3 is 17.7 Å². The number of anilines is 1. The maximum absolute atomic E-state index is 13.6. The van der Waals surface area contributed by atoms with Gasteiger partial charge in [-0.1, -0.05) is 42.5 Å². The van der Waals surface area contributed by atoms with Crippen LogP contribution in [-0.2, 0) is 14.4 Å². The highest BCUT2D eigenvalue weighted by Crippen LogP contribution is 2.50. The molecule has 14 nitrogen and oxygen atoms in total. The molecular weight excluding hydrogens is 578 g/mol. The Bertz CT molecular complexity index is 1540. The summed E-state index contributed by atoms with van der Waals surface area (Å²) in [6.45, 7) is 3.48. The summed E-state index contributed by atoms with van der Waals surface area (Å²) >= 11 is 7.37. The zero-order valence-corrected chi connectivity index (χ0v) is 23.0. The number of nitrogens with one attached hydrogen (secondary N) is 2. The quantitative estimate of drug-likeness (QED) is 0.185. The van der Waals surface area contributed by atoms with Crippen LogP contribution in [0.1, 0.15) is 25.5 Å². The van der Waals surface area contributed by atoms with Crippen LogP contribution in [0.4, 0.5) is 11.6 Å². The Hall–Kier alpha value is -4.50. The number of β-lactam (4-membered cyclic amide) rings is 1. The minimum absolute atomic E-state index is 0.132. The third-order valence-corrected chi connectivity index (χ3v) is 8.23. The maximum Gasteiger partial charge on any atom is 0.328 e. The van der Waals surface area contributed by atoms with E-state index >= 15 is 0 Å². The summed E-state index contributed by atoms with van der Waals surface area (Å²) in [7, 11) is 0. The first kappa shape index (κ1) is 28.0. The van der Waals surface area contributed by atoms with Crippen LogP contribution in [0, 0.1) is 10.1 Å². The molecule has 1 aromatic heterocycles. The van der Waals surface area contributed by atoms with E-state index in [1.807, 2.05) is 0 Å². The molecule has 0 radical (unpaired) electrons. The zero-order chi connectivity index (χ0) is 29.5. The van der Waals surface area contributed by atoms with Crippen LogP contribution in [0.5, 0.6) is 11.8 Å². The molecule has 4 atom stereocenters. The minimum atomic E-state index is -1.12. The van der Waals surface area contributed by atoms with Gasteiger partial charge in [0.15, 0.2) is 0 Å².